The molecule has 3 nitrogen and oxygen atoms in total. The van der Waals surface area contributed by atoms with Gasteiger partial charge in [-0.1, -0.05) is 20.8 Å². The number of rotatable bonds is 3. The molecule has 0 saturated heterocycles. The Bertz CT molecular complexity index is 307. The van der Waals surface area contributed by atoms with Crippen LogP contribution in [-0.4, -0.2) is 30.5 Å². The van der Waals surface area contributed by atoms with E-state index in [1.165, 1.54) is 12.8 Å². The van der Waals surface area contributed by atoms with Crippen molar-refractivity contribution in [2.24, 2.45) is 22.5 Å². The summed E-state index contributed by atoms with van der Waals surface area (Å²) in [6.45, 7) is 7.58. The van der Waals surface area contributed by atoms with Crippen LogP contribution in [0, 0.1) is 16.7 Å². The van der Waals surface area contributed by atoms with E-state index in [0.717, 1.165) is 31.6 Å². The summed E-state index contributed by atoms with van der Waals surface area (Å²) in [6.07, 6.45) is 6.29. The largest absolute Gasteiger partial charge is 0.389 e. The quantitative estimate of drug-likeness (QED) is 0.828. The standard InChI is InChI=1S/C16H31NO2/c1-14(2,3)12-5-7-15(11-17,8-6-12)16(18)9-13(10-16)19-4/h12-13,18H,5-11,17H2,1-4H3. The Morgan fingerprint density at radius 3 is 2.11 bits per heavy atom. The fraction of sp³-hybridized carbons (Fsp3) is 1.00. The molecule has 0 amide bonds. The summed E-state index contributed by atoms with van der Waals surface area (Å²) < 4.78 is 5.34. The molecule has 0 aliphatic heterocycles. The molecule has 0 spiro atoms. The van der Waals surface area contributed by atoms with Crippen molar-refractivity contribution in [3.8, 4) is 0 Å². The molecule has 2 aliphatic carbocycles. The Morgan fingerprint density at radius 2 is 1.74 bits per heavy atom. The Morgan fingerprint density at radius 1 is 1.21 bits per heavy atom. The minimum absolute atomic E-state index is 0.0657. The molecular formula is C16H31NO2. The van der Waals surface area contributed by atoms with Crippen LogP contribution in [0.15, 0.2) is 0 Å². The van der Waals surface area contributed by atoms with E-state index in [-0.39, 0.29) is 11.5 Å². The van der Waals surface area contributed by atoms with Gasteiger partial charge in [-0.2, -0.15) is 0 Å². The maximum Gasteiger partial charge on any atom is 0.0765 e. The lowest BCUT2D eigenvalue weighted by molar-refractivity contribution is -0.207. The molecule has 0 aromatic carbocycles. The smallest absolute Gasteiger partial charge is 0.0765 e. The van der Waals surface area contributed by atoms with E-state index in [2.05, 4.69) is 20.8 Å². The van der Waals surface area contributed by atoms with Gasteiger partial charge in [0.25, 0.3) is 0 Å². The average molecular weight is 269 g/mol. The third-order valence-electron chi connectivity index (χ3n) is 6.01. The highest BCUT2D eigenvalue weighted by Gasteiger charge is 2.58. The Labute approximate surface area is 117 Å². The van der Waals surface area contributed by atoms with Crippen molar-refractivity contribution < 1.29 is 9.84 Å². The number of methoxy groups -OCH3 is 1. The van der Waals surface area contributed by atoms with Gasteiger partial charge in [-0.25, -0.2) is 0 Å². The lowest BCUT2D eigenvalue weighted by Gasteiger charge is -2.58. The second-order valence-electron chi connectivity index (χ2n) is 7.92. The van der Waals surface area contributed by atoms with Crippen LogP contribution in [0.2, 0.25) is 0 Å². The molecule has 3 N–H and O–H groups in total. The van der Waals surface area contributed by atoms with Gasteiger partial charge >= 0.3 is 0 Å². The van der Waals surface area contributed by atoms with E-state index >= 15 is 0 Å². The van der Waals surface area contributed by atoms with Crippen LogP contribution in [0.3, 0.4) is 0 Å². The molecule has 19 heavy (non-hydrogen) atoms. The second kappa shape index (κ2) is 5.01. The SMILES string of the molecule is COC1CC(O)(C2(CN)CCC(C(C)(C)C)CC2)C1. The van der Waals surface area contributed by atoms with Crippen LogP contribution in [-0.2, 0) is 4.74 Å². The maximum atomic E-state index is 10.9. The first-order valence-corrected chi connectivity index (χ1v) is 7.72. The number of hydrogen-bond acceptors (Lipinski definition) is 3. The summed E-state index contributed by atoms with van der Waals surface area (Å²) in [6, 6.07) is 0. The highest BCUT2D eigenvalue weighted by molar-refractivity contribution is 5.10. The number of nitrogens with two attached hydrogens (primary N) is 1. The highest BCUT2D eigenvalue weighted by atomic mass is 16.5. The first kappa shape index (κ1) is 15.3. The summed E-state index contributed by atoms with van der Waals surface area (Å²) >= 11 is 0. The average Bonchev–Trinajstić information content (AvgIpc) is 2.33. The minimum Gasteiger partial charge on any atom is -0.389 e. The molecule has 112 valence electrons. The Balaban J connectivity index is 2.03. The lowest BCUT2D eigenvalue weighted by Crippen LogP contribution is -2.63. The normalized spacial score (nSPS) is 43.9. The zero-order valence-corrected chi connectivity index (χ0v) is 13.0. The van der Waals surface area contributed by atoms with Gasteiger partial charge in [0.1, 0.15) is 0 Å². The van der Waals surface area contributed by atoms with Gasteiger partial charge in [-0.05, 0) is 37.0 Å². The van der Waals surface area contributed by atoms with E-state index in [9.17, 15) is 5.11 Å². The molecule has 2 saturated carbocycles. The van der Waals surface area contributed by atoms with Crippen molar-refractivity contribution in [2.45, 2.75) is 71.0 Å². The molecule has 0 atom stereocenters. The van der Waals surface area contributed by atoms with Gasteiger partial charge in [-0.15, -0.1) is 0 Å². The molecule has 0 bridgehead atoms. The molecular weight excluding hydrogens is 238 g/mol. The Kier molecular flexibility index (Phi) is 4.03. The molecule has 3 heteroatoms. The topological polar surface area (TPSA) is 55.5 Å². The number of ether oxygens (including phenoxy) is 1. The van der Waals surface area contributed by atoms with Crippen LogP contribution in [0.5, 0.6) is 0 Å². The van der Waals surface area contributed by atoms with Crippen molar-refractivity contribution in [3.05, 3.63) is 0 Å². The van der Waals surface area contributed by atoms with Gasteiger partial charge < -0.3 is 15.6 Å². The first-order valence-electron chi connectivity index (χ1n) is 7.72. The molecule has 2 fully saturated rings. The molecule has 0 aromatic rings. The molecule has 0 aromatic heterocycles. The molecule has 0 heterocycles. The van der Waals surface area contributed by atoms with Gasteiger partial charge in [0.05, 0.1) is 11.7 Å². The van der Waals surface area contributed by atoms with Crippen molar-refractivity contribution in [2.75, 3.05) is 13.7 Å². The predicted molar refractivity (Wildman–Crippen MR) is 77.9 cm³/mol. The van der Waals surface area contributed by atoms with Crippen LogP contribution in [0.4, 0.5) is 0 Å². The summed E-state index contributed by atoms with van der Waals surface area (Å²) in [5.74, 6) is 0.758. The monoisotopic (exact) mass is 269 g/mol. The van der Waals surface area contributed by atoms with Crippen LogP contribution in [0.1, 0.15) is 59.3 Å². The third kappa shape index (κ3) is 2.57. The molecule has 0 unspecified atom stereocenters. The van der Waals surface area contributed by atoms with Crippen LogP contribution in [0.25, 0.3) is 0 Å². The Hall–Kier alpha value is -0.120. The van der Waals surface area contributed by atoms with Crippen LogP contribution >= 0.6 is 0 Å². The lowest BCUT2D eigenvalue weighted by atomic mass is 9.52. The van der Waals surface area contributed by atoms with E-state index < -0.39 is 5.60 Å². The van der Waals surface area contributed by atoms with Crippen molar-refractivity contribution in [1.82, 2.24) is 0 Å². The van der Waals surface area contributed by atoms with Crippen molar-refractivity contribution in [1.29, 1.82) is 0 Å². The first-order chi connectivity index (χ1) is 8.76. The highest BCUT2D eigenvalue weighted by Crippen LogP contribution is 2.56. The fourth-order valence-corrected chi connectivity index (χ4v) is 4.19. The third-order valence-corrected chi connectivity index (χ3v) is 6.01. The molecule has 2 aliphatic rings. The van der Waals surface area contributed by atoms with Crippen LogP contribution < -0.4 is 5.73 Å². The zero-order chi connectivity index (χ0) is 14.3. The molecule has 2 rings (SSSR count). The van der Waals surface area contributed by atoms with Gasteiger partial charge in [0.15, 0.2) is 0 Å². The summed E-state index contributed by atoms with van der Waals surface area (Å²) in [4.78, 5) is 0. The number of hydrogen-bond donors (Lipinski definition) is 2. The van der Waals surface area contributed by atoms with Gasteiger partial charge in [0.2, 0.25) is 0 Å². The number of aliphatic hydroxyl groups is 1. The predicted octanol–water partition coefficient (Wildman–Crippen LogP) is 2.71. The maximum absolute atomic E-state index is 10.9. The van der Waals surface area contributed by atoms with Crippen molar-refractivity contribution in [3.63, 3.8) is 0 Å². The summed E-state index contributed by atoms with van der Waals surface area (Å²) in [5, 5.41) is 10.9. The summed E-state index contributed by atoms with van der Waals surface area (Å²) in [7, 11) is 1.73. The summed E-state index contributed by atoms with van der Waals surface area (Å²) in [5.41, 5.74) is 5.80. The zero-order valence-electron chi connectivity index (χ0n) is 13.0. The van der Waals surface area contributed by atoms with E-state index in [0.29, 0.717) is 12.0 Å². The van der Waals surface area contributed by atoms with Crippen molar-refractivity contribution >= 4 is 0 Å². The second-order valence-corrected chi connectivity index (χ2v) is 7.92. The van der Waals surface area contributed by atoms with E-state index in [1.54, 1.807) is 7.11 Å². The minimum atomic E-state index is -0.578. The molecule has 0 radical (unpaired) electrons. The van der Waals surface area contributed by atoms with Gasteiger partial charge in [0, 0.05) is 31.9 Å². The fourth-order valence-electron chi connectivity index (χ4n) is 4.19. The van der Waals surface area contributed by atoms with E-state index in [4.69, 9.17) is 10.5 Å². The van der Waals surface area contributed by atoms with Gasteiger partial charge in [-0.3, -0.25) is 0 Å². The van der Waals surface area contributed by atoms with E-state index in [1.807, 2.05) is 0 Å².